The molecule has 2 rings (SSSR count). The van der Waals surface area contributed by atoms with Crippen molar-refractivity contribution >= 4 is 17.2 Å². The van der Waals surface area contributed by atoms with Crippen LogP contribution in [-0.2, 0) is 24.2 Å². The lowest BCUT2D eigenvalue weighted by Gasteiger charge is -2.23. The normalized spacial score (nSPS) is 11.3. The van der Waals surface area contributed by atoms with Crippen LogP contribution in [0.4, 0.5) is 0 Å². The van der Waals surface area contributed by atoms with Gasteiger partial charge in [-0.15, -0.1) is 11.3 Å². The smallest absolute Gasteiger partial charge is 0.226 e. The van der Waals surface area contributed by atoms with Crippen molar-refractivity contribution in [3.63, 3.8) is 0 Å². The van der Waals surface area contributed by atoms with Gasteiger partial charge in [-0.3, -0.25) is 4.79 Å². The molecule has 1 amide bonds. The number of carbonyl (C=O) groups excluding carboxylic acids is 1. The lowest BCUT2D eigenvalue weighted by molar-refractivity contribution is -0.120. The van der Waals surface area contributed by atoms with Crippen LogP contribution in [0.25, 0.3) is 0 Å². The summed E-state index contributed by atoms with van der Waals surface area (Å²) >= 11 is 1.55. The van der Waals surface area contributed by atoms with Gasteiger partial charge in [-0.05, 0) is 33.4 Å². The quantitative estimate of drug-likeness (QED) is 0.807. The van der Waals surface area contributed by atoms with Gasteiger partial charge >= 0.3 is 0 Å². The van der Waals surface area contributed by atoms with Crippen molar-refractivity contribution < 1.29 is 9.53 Å². The van der Waals surface area contributed by atoms with E-state index < -0.39 is 0 Å². The lowest BCUT2D eigenvalue weighted by atomic mass is 10.1. The van der Waals surface area contributed by atoms with E-state index in [4.69, 9.17) is 10.5 Å². The molecule has 0 saturated heterocycles. The van der Waals surface area contributed by atoms with Gasteiger partial charge in [-0.1, -0.05) is 18.2 Å². The Morgan fingerprint density at radius 3 is 2.79 bits per heavy atom. The molecule has 0 bridgehead atoms. The number of nitrogens with zero attached hydrogens (tertiary/aromatic N) is 1. The summed E-state index contributed by atoms with van der Waals surface area (Å²) < 4.78 is 5.94. The fourth-order valence-electron chi connectivity index (χ4n) is 2.17. The second kappa shape index (κ2) is 8.26. The summed E-state index contributed by atoms with van der Waals surface area (Å²) in [6.07, 6.45) is 1.03. The Balaban J connectivity index is 1.91. The van der Waals surface area contributed by atoms with E-state index in [0.717, 1.165) is 28.4 Å². The number of nitrogens with one attached hydrogen (secondary N) is 1. The second-order valence-corrected chi connectivity index (χ2v) is 7.49. The molecule has 0 atom stereocenters. The maximum atomic E-state index is 12.1. The van der Waals surface area contributed by atoms with E-state index in [1.54, 1.807) is 11.3 Å². The maximum absolute atomic E-state index is 12.1. The van der Waals surface area contributed by atoms with Gasteiger partial charge in [0, 0.05) is 23.9 Å². The molecule has 1 aromatic heterocycles. The molecule has 0 aliphatic carbocycles. The van der Waals surface area contributed by atoms with Crippen LogP contribution in [0, 0.1) is 0 Å². The lowest BCUT2D eigenvalue weighted by Crippen LogP contribution is -2.27. The molecule has 1 heterocycles. The van der Waals surface area contributed by atoms with Gasteiger partial charge in [-0.25, -0.2) is 4.98 Å². The third-order valence-corrected chi connectivity index (χ3v) is 4.12. The third kappa shape index (κ3) is 5.94. The Kier molecular flexibility index (Phi) is 6.34. The van der Waals surface area contributed by atoms with Gasteiger partial charge in [0.15, 0.2) is 0 Å². The number of amides is 1. The zero-order valence-electron chi connectivity index (χ0n) is 14.5. The Morgan fingerprint density at radius 2 is 2.08 bits per heavy atom. The van der Waals surface area contributed by atoms with Gasteiger partial charge in [0.1, 0.15) is 11.4 Å². The van der Waals surface area contributed by atoms with E-state index >= 15 is 0 Å². The molecule has 0 saturated carbocycles. The number of rotatable bonds is 7. The first-order chi connectivity index (χ1) is 11.4. The van der Waals surface area contributed by atoms with Crippen LogP contribution in [0.1, 0.15) is 37.0 Å². The zero-order valence-corrected chi connectivity index (χ0v) is 15.3. The molecule has 5 nitrogen and oxygen atoms in total. The Morgan fingerprint density at radius 1 is 1.33 bits per heavy atom. The highest BCUT2D eigenvalue weighted by atomic mass is 32.1. The van der Waals surface area contributed by atoms with Crippen molar-refractivity contribution in [1.82, 2.24) is 10.3 Å². The number of nitrogens with two attached hydrogens (primary N) is 1. The van der Waals surface area contributed by atoms with Crippen molar-refractivity contribution in [2.24, 2.45) is 5.73 Å². The van der Waals surface area contributed by atoms with Gasteiger partial charge in [0.05, 0.1) is 17.1 Å². The van der Waals surface area contributed by atoms with Crippen molar-refractivity contribution in [3.05, 3.63) is 45.9 Å². The molecule has 0 unspecified atom stereocenters. The molecule has 130 valence electrons. The van der Waals surface area contributed by atoms with Crippen LogP contribution in [0.5, 0.6) is 5.75 Å². The predicted octanol–water partition coefficient (Wildman–Crippen LogP) is 2.68. The summed E-state index contributed by atoms with van der Waals surface area (Å²) in [5, 5.41) is 5.83. The van der Waals surface area contributed by atoms with Crippen LogP contribution in [0.15, 0.2) is 29.6 Å². The average molecular weight is 347 g/mol. The van der Waals surface area contributed by atoms with E-state index in [9.17, 15) is 4.79 Å². The number of benzene rings is 1. The monoisotopic (exact) mass is 347 g/mol. The summed E-state index contributed by atoms with van der Waals surface area (Å²) in [5.41, 5.74) is 6.99. The fourth-order valence-corrected chi connectivity index (χ4v) is 2.98. The number of ether oxygens (including phenoxy) is 1. The van der Waals surface area contributed by atoms with E-state index in [1.165, 1.54) is 0 Å². The number of carbonyl (C=O) groups is 1. The average Bonchev–Trinajstić information content (AvgIpc) is 2.92. The molecular formula is C18H25N3O2S. The molecule has 0 spiro atoms. The number of aromatic nitrogens is 1. The summed E-state index contributed by atoms with van der Waals surface area (Å²) in [5.74, 6) is 0.745. The molecule has 6 heteroatoms. The van der Waals surface area contributed by atoms with Gasteiger partial charge in [0.2, 0.25) is 5.91 Å². The highest BCUT2D eigenvalue weighted by Crippen LogP contribution is 2.22. The minimum Gasteiger partial charge on any atom is -0.488 e. The number of para-hydroxylation sites is 1. The van der Waals surface area contributed by atoms with E-state index in [1.807, 2.05) is 50.4 Å². The van der Waals surface area contributed by atoms with Crippen molar-refractivity contribution in [3.8, 4) is 5.75 Å². The van der Waals surface area contributed by atoms with Crippen LogP contribution in [0.2, 0.25) is 0 Å². The summed E-state index contributed by atoms with van der Waals surface area (Å²) in [4.78, 5) is 16.6. The predicted molar refractivity (Wildman–Crippen MR) is 97.2 cm³/mol. The molecule has 0 radical (unpaired) electrons. The summed E-state index contributed by atoms with van der Waals surface area (Å²) in [7, 11) is 0. The van der Waals surface area contributed by atoms with Gasteiger partial charge in [-0.2, -0.15) is 0 Å². The van der Waals surface area contributed by atoms with Crippen molar-refractivity contribution in [1.29, 1.82) is 0 Å². The highest BCUT2D eigenvalue weighted by Gasteiger charge is 2.15. The number of thiazole rings is 1. The second-order valence-electron chi connectivity index (χ2n) is 6.55. The standard InChI is InChI=1S/C18H25N3O2S/c1-18(2,3)23-15-7-5-4-6-13(15)11-20-16(22)10-14-12-24-17(21-14)8-9-19/h4-7,12H,8-11,19H2,1-3H3,(H,20,22). The first-order valence-electron chi connectivity index (χ1n) is 8.04. The molecular weight excluding hydrogens is 322 g/mol. The van der Waals surface area contributed by atoms with Crippen molar-refractivity contribution in [2.45, 2.75) is 45.8 Å². The Hall–Kier alpha value is -1.92. The summed E-state index contributed by atoms with van der Waals surface area (Å²) in [6, 6.07) is 7.76. The van der Waals surface area contributed by atoms with E-state index in [0.29, 0.717) is 13.1 Å². The largest absolute Gasteiger partial charge is 0.488 e. The van der Waals surface area contributed by atoms with E-state index in [2.05, 4.69) is 10.3 Å². The molecule has 0 fully saturated rings. The van der Waals surface area contributed by atoms with Crippen LogP contribution in [-0.4, -0.2) is 23.0 Å². The Labute approximate surface area is 147 Å². The molecule has 3 N–H and O–H groups in total. The highest BCUT2D eigenvalue weighted by molar-refractivity contribution is 7.09. The third-order valence-electron chi connectivity index (χ3n) is 3.16. The van der Waals surface area contributed by atoms with Crippen molar-refractivity contribution in [2.75, 3.05) is 6.54 Å². The minimum absolute atomic E-state index is 0.0508. The maximum Gasteiger partial charge on any atom is 0.226 e. The SMILES string of the molecule is CC(C)(C)Oc1ccccc1CNC(=O)Cc1csc(CCN)n1. The van der Waals surface area contributed by atoms with Gasteiger partial charge in [0.25, 0.3) is 0 Å². The zero-order chi connectivity index (χ0) is 17.6. The van der Waals surface area contributed by atoms with Crippen LogP contribution >= 0.6 is 11.3 Å². The Bertz CT molecular complexity index is 677. The van der Waals surface area contributed by atoms with Crippen LogP contribution in [0.3, 0.4) is 0 Å². The molecule has 2 aromatic rings. The molecule has 0 aliphatic rings. The van der Waals surface area contributed by atoms with E-state index in [-0.39, 0.29) is 17.9 Å². The topological polar surface area (TPSA) is 77.2 Å². The fraction of sp³-hybridized carbons (Fsp3) is 0.444. The first kappa shape index (κ1) is 18.4. The first-order valence-corrected chi connectivity index (χ1v) is 8.92. The number of hydrogen-bond acceptors (Lipinski definition) is 5. The van der Waals surface area contributed by atoms with Gasteiger partial charge < -0.3 is 15.8 Å². The van der Waals surface area contributed by atoms with Crippen LogP contribution < -0.4 is 15.8 Å². The number of hydrogen-bond donors (Lipinski definition) is 2. The molecule has 0 aliphatic heterocycles. The minimum atomic E-state index is -0.278. The summed E-state index contributed by atoms with van der Waals surface area (Å²) in [6.45, 7) is 7.02. The molecule has 24 heavy (non-hydrogen) atoms. The molecule has 1 aromatic carbocycles.